The van der Waals surface area contributed by atoms with Gasteiger partial charge < -0.3 is 10.4 Å². The summed E-state index contributed by atoms with van der Waals surface area (Å²) in [5.41, 5.74) is 1.26. The normalized spacial score (nSPS) is 10.1. The molecule has 1 heterocycles. The fraction of sp³-hybridized carbons (Fsp3) is 0.0714. The van der Waals surface area contributed by atoms with E-state index in [1.54, 1.807) is 18.2 Å². The summed E-state index contributed by atoms with van der Waals surface area (Å²) in [4.78, 5) is 26.6. The number of aryl methyl sites for hydroxylation is 1. The minimum absolute atomic E-state index is 0.0317. The molecule has 20 heavy (non-hydrogen) atoms. The highest BCUT2D eigenvalue weighted by Gasteiger charge is 2.12. The molecule has 0 atom stereocenters. The predicted molar refractivity (Wildman–Crippen MR) is 75.3 cm³/mol. The highest BCUT2D eigenvalue weighted by Crippen LogP contribution is 2.20. The highest BCUT2D eigenvalue weighted by molar-refractivity contribution is 6.31. The standard InChI is InChI=1S/C14H11ClN2O3/c1-8-5-6-9(15)7-12(8)17-13(18)10-3-2-4-11(16-10)14(19)20/h2-7H,1H3,(H,17,18)(H,19,20). The van der Waals surface area contributed by atoms with Crippen LogP contribution >= 0.6 is 11.6 Å². The van der Waals surface area contributed by atoms with Crippen molar-refractivity contribution in [3.05, 3.63) is 58.4 Å². The highest BCUT2D eigenvalue weighted by atomic mass is 35.5. The number of carbonyl (C=O) groups excluding carboxylic acids is 1. The van der Waals surface area contributed by atoms with Gasteiger partial charge in [-0.3, -0.25) is 4.79 Å². The molecule has 0 aliphatic carbocycles. The summed E-state index contributed by atoms with van der Waals surface area (Å²) in [6, 6.07) is 9.35. The first-order valence-electron chi connectivity index (χ1n) is 5.75. The lowest BCUT2D eigenvalue weighted by molar-refractivity contribution is 0.0690. The van der Waals surface area contributed by atoms with Crippen molar-refractivity contribution in [2.75, 3.05) is 5.32 Å². The molecular formula is C14H11ClN2O3. The molecule has 5 nitrogen and oxygen atoms in total. The smallest absolute Gasteiger partial charge is 0.354 e. The van der Waals surface area contributed by atoms with Crippen LogP contribution in [0.15, 0.2) is 36.4 Å². The molecule has 2 aromatic rings. The van der Waals surface area contributed by atoms with Crippen LogP contribution in [0.5, 0.6) is 0 Å². The number of carboxylic acid groups (broad SMARTS) is 1. The minimum Gasteiger partial charge on any atom is -0.477 e. The summed E-state index contributed by atoms with van der Waals surface area (Å²) in [7, 11) is 0. The van der Waals surface area contributed by atoms with E-state index in [9.17, 15) is 9.59 Å². The van der Waals surface area contributed by atoms with Crippen LogP contribution < -0.4 is 5.32 Å². The maximum atomic E-state index is 12.0. The molecule has 0 fully saturated rings. The second kappa shape index (κ2) is 5.71. The van der Waals surface area contributed by atoms with Gasteiger partial charge in [0.25, 0.3) is 5.91 Å². The Hall–Kier alpha value is -2.40. The third kappa shape index (κ3) is 3.13. The number of carbonyl (C=O) groups is 2. The van der Waals surface area contributed by atoms with Crippen molar-refractivity contribution in [1.82, 2.24) is 4.98 Å². The van der Waals surface area contributed by atoms with E-state index in [-0.39, 0.29) is 11.4 Å². The Balaban J connectivity index is 2.26. The Morgan fingerprint density at radius 2 is 1.90 bits per heavy atom. The van der Waals surface area contributed by atoms with E-state index in [4.69, 9.17) is 16.7 Å². The van der Waals surface area contributed by atoms with Gasteiger partial charge >= 0.3 is 5.97 Å². The topological polar surface area (TPSA) is 79.3 Å². The number of pyridine rings is 1. The first-order valence-corrected chi connectivity index (χ1v) is 6.13. The zero-order valence-electron chi connectivity index (χ0n) is 10.6. The number of carboxylic acids is 1. The molecule has 1 aromatic carbocycles. The fourth-order valence-electron chi connectivity index (χ4n) is 1.60. The van der Waals surface area contributed by atoms with Crippen molar-refractivity contribution < 1.29 is 14.7 Å². The summed E-state index contributed by atoms with van der Waals surface area (Å²) >= 11 is 5.87. The van der Waals surface area contributed by atoms with E-state index in [0.29, 0.717) is 10.7 Å². The molecule has 102 valence electrons. The summed E-state index contributed by atoms with van der Waals surface area (Å²) in [5.74, 6) is -1.67. The van der Waals surface area contributed by atoms with Gasteiger partial charge in [-0.15, -0.1) is 0 Å². The monoisotopic (exact) mass is 290 g/mol. The second-order valence-corrected chi connectivity index (χ2v) is 4.56. The minimum atomic E-state index is -1.18. The summed E-state index contributed by atoms with van der Waals surface area (Å²) < 4.78 is 0. The number of nitrogens with zero attached hydrogens (tertiary/aromatic N) is 1. The second-order valence-electron chi connectivity index (χ2n) is 4.13. The Morgan fingerprint density at radius 3 is 2.60 bits per heavy atom. The molecular weight excluding hydrogens is 280 g/mol. The molecule has 2 rings (SSSR count). The van der Waals surface area contributed by atoms with E-state index < -0.39 is 11.9 Å². The van der Waals surface area contributed by atoms with E-state index >= 15 is 0 Å². The van der Waals surface area contributed by atoms with Gasteiger partial charge in [-0.05, 0) is 36.8 Å². The van der Waals surface area contributed by atoms with Gasteiger partial charge in [0, 0.05) is 10.7 Å². The molecule has 0 aliphatic heterocycles. The van der Waals surface area contributed by atoms with Gasteiger partial charge in [-0.2, -0.15) is 0 Å². The predicted octanol–water partition coefficient (Wildman–Crippen LogP) is 2.99. The summed E-state index contributed by atoms with van der Waals surface area (Å²) in [6.45, 7) is 1.83. The quantitative estimate of drug-likeness (QED) is 0.911. The van der Waals surface area contributed by atoms with E-state index in [1.165, 1.54) is 18.2 Å². The van der Waals surface area contributed by atoms with Crippen molar-refractivity contribution >= 4 is 29.2 Å². The molecule has 1 amide bonds. The van der Waals surface area contributed by atoms with Crippen molar-refractivity contribution in [2.24, 2.45) is 0 Å². The SMILES string of the molecule is Cc1ccc(Cl)cc1NC(=O)c1cccc(C(=O)O)n1. The number of anilines is 1. The van der Waals surface area contributed by atoms with Gasteiger partial charge in [0.05, 0.1) is 0 Å². The number of aromatic nitrogens is 1. The number of aromatic carboxylic acids is 1. The molecule has 0 bridgehead atoms. The molecule has 0 radical (unpaired) electrons. The Kier molecular flexibility index (Phi) is 4.00. The average molecular weight is 291 g/mol. The number of rotatable bonds is 3. The van der Waals surface area contributed by atoms with Gasteiger partial charge in [0.2, 0.25) is 0 Å². The third-order valence-corrected chi connectivity index (χ3v) is 2.88. The summed E-state index contributed by atoms with van der Waals surface area (Å²) in [5, 5.41) is 12.0. The zero-order chi connectivity index (χ0) is 14.7. The number of nitrogens with one attached hydrogen (secondary N) is 1. The fourth-order valence-corrected chi connectivity index (χ4v) is 1.77. The lowest BCUT2D eigenvalue weighted by atomic mass is 10.2. The Labute approximate surface area is 120 Å². The van der Waals surface area contributed by atoms with Crippen LogP contribution in [0.4, 0.5) is 5.69 Å². The molecule has 0 aliphatic rings. The number of hydrogen-bond acceptors (Lipinski definition) is 3. The van der Waals surface area contributed by atoms with Crippen LogP contribution in [0.2, 0.25) is 5.02 Å². The molecule has 0 saturated carbocycles. The lowest BCUT2D eigenvalue weighted by Gasteiger charge is -2.08. The number of benzene rings is 1. The van der Waals surface area contributed by atoms with Crippen molar-refractivity contribution in [3.63, 3.8) is 0 Å². The largest absolute Gasteiger partial charge is 0.477 e. The maximum absolute atomic E-state index is 12.0. The molecule has 1 aromatic heterocycles. The molecule has 0 saturated heterocycles. The van der Waals surface area contributed by atoms with Crippen LogP contribution in [0.1, 0.15) is 26.5 Å². The van der Waals surface area contributed by atoms with Gasteiger partial charge in [0.1, 0.15) is 11.4 Å². The number of halogens is 1. The van der Waals surface area contributed by atoms with Crippen LogP contribution in [-0.4, -0.2) is 22.0 Å². The van der Waals surface area contributed by atoms with Crippen LogP contribution in [0, 0.1) is 6.92 Å². The van der Waals surface area contributed by atoms with Crippen LogP contribution in [0.25, 0.3) is 0 Å². The Bertz CT molecular complexity index is 686. The number of hydrogen-bond donors (Lipinski definition) is 2. The zero-order valence-corrected chi connectivity index (χ0v) is 11.3. The molecule has 0 spiro atoms. The molecule has 0 unspecified atom stereocenters. The van der Waals surface area contributed by atoms with Crippen molar-refractivity contribution in [1.29, 1.82) is 0 Å². The van der Waals surface area contributed by atoms with Crippen LogP contribution in [0.3, 0.4) is 0 Å². The van der Waals surface area contributed by atoms with Crippen LogP contribution in [-0.2, 0) is 0 Å². The van der Waals surface area contributed by atoms with Crippen molar-refractivity contribution in [2.45, 2.75) is 6.92 Å². The maximum Gasteiger partial charge on any atom is 0.354 e. The average Bonchev–Trinajstić information content (AvgIpc) is 2.43. The van der Waals surface area contributed by atoms with E-state index in [1.807, 2.05) is 6.92 Å². The summed E-state index contributed by atoms with van der Waals surface area (Å²) in [6.07, 6.45) is 0. The number of amides is 1. The first kappa shape index (κ1) is 14.0. The molecule has 2 N–H and O–H groups in total. The van der Waals surface area contributed by atoms with Gasteiger partial charge in [0.15, 0.2) is 0 Å². The van der Waals surface area contributed by atoms with Gasteiger partial charge in [-0.1, -0.05) is 23.7 Å². The van der Waals surface area contributed by atoms with E-state index in [0.717, 1.165) is 5.56 Å². The van der Waals surface area contributed by atoms with Gasteiger partial charge in [-0.25, -0.2) is 9.78 Å². The lowest BCUT2D eigenvalue weighted by Crippen LogP contribution is -2.16. The Morgan fingerprint density at radius 1 is 1.20 bits per heavy atom. The third-order valence-electron chi connectivity index (χ3n) is 2.65. The van der Waals surface area contributed by atoms with E-state index in [2.05, 4.69) is 10.3 Å². The molecule has 6 heteroatoms. The first-order chi connectivity index (χ1) is 9.47. The van der Waals surface area contributed by atoms with Crippen molar-refractivity contribution in [3.8, 4) is 0 Å².